The molecule has 2 aromatic heterocycles. The summed E-state index contributed by atoms with van der Waals surface area (Å²) in [5.41, 5.74) is 9.93. The quantitative estimate of drug-likeness (QED) is 0.314. The molecule has 1 aliphatic heterocycles. The first-order valence-corrected chi connectivity index (χ1v) is 13.2. The lowest BCUT2D eigenvalue weighted by molar-refractivity contribution is 0.0951. The molecular formula is C30H36N6O3. The summed E-state index contributed by atoms with van der Waals surface area (Å²) in [5.74, 6) is 1.26. The number of anilines is 1. The van der Waals surface area contributed by atoms with E-state index in [1.807, 2.05) is 45.2 Å². The van der Waals surface area contributed by atoms with Crippen LogP contribution in [0, 0.1) is 13.8 Å². The van der Waals surface area contributed by atoms with Crippen LogP contribution in [0.1, 0.15) is 34.1 Å². The summed E-state index contributed by atoms with van der Waals surface area (Å²) >= 11 is 0. The average molecular weight is 529 g/mol. The minimum Gasteiger partial charge on any atom is -0.456 e. The largest absolute Gasteiger partial charge is 0.456 e. The number of nitrogens with one attached hydrogen (secondary N) is 3. The number of aryl methyl sites for hydroxylation is 3. The second-order valence-electron chi connectivity index (χ2n) is 10.5. The number of ether oxygens (including phenoxy) is 1. The van der Waals surface area contributed by atoms with Crippen molar-refractivity contribution in [2.75, 3.05) is 39.2 Å². The van der Waals surface area contributed by atoms with Crippen LogP contribution in [-0.2, 0) is 13.6 Å². The van der Waals surface area contributed by atoms with E-state index in [4.69, 9.17) is 4.74 Å². The standard InChI is InChI=1S/C30H36N6O3/c1-7-31-29(37)25-15-22-23(17-35(6)30(38)27(22)32-25)21-14-24-20(16-36(33-24)12-11-34(4)5)13-26(21)39-28-18(2)9-8-10-19(28)3/h8-10,13-15,17,32-33H,7,11-12,16H2,1-6H3,(H,31,37). The molecule has 4 aromatic rings. The van der Waals surface area contributed by atoms with Gasteiger partial charge < -0.3 is 29.9 Å². The predicted octanol–water partition coefficient (Wildman–Crippen LogP) is 4.40. The van der Waals surface area contributed by atoms with Gasteiger partial charge >= 0.3 is 0 Å². The summed E-state index contributed by atoms with van der Waals surface area (Å²) in [7, 11) is 5.85. The van der Waals surface area contributed by atoms with Crippen LogP contribution in [0.15, 0.2) is 47.4 Å². The van der Waals surface area contributed by atoms with E-state index in [-0.39, 0.29) is 11.5 Å². The molecule has 0 aliphatic carbocycles. The summed E-state index contributed by atoms with van der Waals surface area (Å²) in [6.07, 6.45) is 1.82. The highest BCUT2D eigenvalue weighted by molar-refractivity contribution is 6.03. The number of carbonyl (C=O) groups excluding carboxylic acids is 1. The van der Waals surface area contributed by atoms with Gasteiger partial charge in [-0.2, -0.15) is 0 Å². The van der Waals surface area contributed by atoms with E-state index in [0.717, 1.165) is 58.9 Å². The van der Waals surface area contributed by atoms with Gasteiger partial charge in [-0.25, -0.2) is 5.01 Å². The van der Waals surface area contributed by atoms with Crippen molar-refractivity contribution in [3.8, 4) is 22.6 Å². The van der Waals surface area contributed by atoms with Crippen molar-refractivity contribution < 1.29 is 9.53 Å². The fourth-order valence-electron chi connectivity index (χ4n) is 5.02. The number of amides is 1. The number of benzene rings is 2. The van der Waals surface area contributed by atoms with Crippen LogP contribution in [0.2, 0.25) is 0 Å². The molecular weight excluding hydrogens is 492 g/mol. The first-order valence-electron chi connectivity index (χ1n) is 13.2. The summed E-state index contributed by atoms with van der Waals surface area (Å²) in [6.45, 7) is 8.97. The van der Waals surface area contributed by atoms with Gasteiger partial charge in [-0.05, 0) is 69.8 Å². The second-order valence-corrected chi connectivity index (χ2v) is 10.5. The highest BCUT2D eigenvalue weighted by Crippen LogP contribution is 2.43. The van der Waals surface area contributed by atoms with Crippen molar-refractivity contribution in [1.29, 1.82) is 0 Å². The van der Waals surface area contributed by atoms with Crippen molar-refractivity contribution in [3.63, 3.8) is 0 Å². The third-order valence-electron chi connectivity index (χ3n) is 7.12. The Bertz CT molecular complexity index is 1600. The highest BCUT2D eigenvalue weighted by Gasteiger charge is 2.25. The molecule has 9 heteroatoms. The Kier molecular flexibility index (Phi) is 7.20. The van der Waals surface area contributed by atoms with Crippen LogP contribution in [0.4, 0.5) is 5.69 Å². The SMILES string of the molecule is CCNC(=O)c1cc2c(-c3cc4c(cc3Oc3c(C)cccc3C)CN(CCN(C)C)N4)cn(C)c(=O)c2[nH]1. The average Bonchev–Trinajstić information content (AvgIpc) is 3.51. The van der Waals surface area contributed by atoms with Crippen LogP contribution in [-0.4, -0.2) is 59.1 Å². The molecule has 0 radical (unpaired) electrons. The number of carbonyl (C=O) groups is 1. The zero-order valence-electron chi connectivity index (χ0n) is 23.4. The monoisotopic (exact) mass is 528 g/mol. The molecule has 0 bridgehead atoms. The van der Waals surface area contributed by atoms with Gasteiger partial charge in [-0.1, -0.05) is 18.2 Å². The third-order valence-corrected chi connectivity index (χ3v) is 7.12. The van der Waals surface area contributed by atoms with Crippen molar-refractivity contribution in [1.82, 2.24) is 24.8 Å². The van der Waals surface area contributed by atoms with E-state index in [1.165, 1.54) is 0 Å². The van der Waals surface area contributed by atoms with Gasteiger partial charge in [0, 0.05) is 55.9 Å². The molecule has 204 valence electrons. The summed E-state index contributed by atoms with van der Waals surface area (Å²) < 4.78 is 8.21. The molecule has 0 saturated heterocycles. The number of rotatable bonds is 8. The molecule has 0 atom stereocenters. The van der Waals surface area contributed by atoms with Crippen LogP contribution in [0.25, 0.3) is 22.0 Å². The normalized spacial score (nSPS) is 13.1. The van der Waals surface area contributed by atoms with Gasteiger partial charge in [0.05, 0.1) is 5.69 Å². The third kappa shape index (κ3) is 5.15. The van der Waals surface area contributed by atoms with Gasteiger partial charge in [-0.3, -0.25) is 9.59 Å². The lowest BCUT2D eigenvalue weighted by Crippen LogP contribution is -2.31. The lowest BCUT2D eigenvalue weighted by Gasteiger charge is -2.19. The number of hydrogen-bond donors (Lipinski definition) is 3. The molecule has 2 aromatic carbocycles. The van der Waals surface area contributed by atoms with Crippen LogP contribution < -0.4 is 21.0 Å². The number of fused-ring (bicyclic) bond motifs is 2. The van der Waals surface area contributed by atoms with E-state index in [2.05, 4.69) is 51.9 Å². The Balaban J connectivity index is 1.68. The number of nitrogens with zero attached hydrogens (tertiary/aromatic N) is 3. The molecule has 1 aliphatic rings. The van der Waals surface area contributed by atoms with Crippen molar-refractivity contribution in [2.45, 2.75) is 27.3 Å². The summed E-state index contributed by atoms with van der Waals surface area (Å²) in [6, 6.07) is 12.0. The number of likely N-dealkylation sites (N-methyl/N-ethyl adjacent to an activating group) is 1. The minimum atomic E-state index is -0.249. The van der Waals surface area contributed by atoms with Gasteiger partial charge in [0.15, 0.2) is 0 Å². The number of para-hydroxylation sites is 1. The van der Waals surface area contributed by atoms with Gasteiger partial charge in [-0.15, -0.1) is 0 Å². The summed E-state index contributed by atoms with van der Waals surface area (Å²) in [5, 5.41) is 5.67. The number of hydrogen-bond acceptors (Lipinski definition) is 6. The van der Waals surface area contributed by atoms with Gasteiger partial charge in [0.1, 0.15) is 22.7 Å². The first-order chi connectivity index (χ1) is 18.7. The van der Waals surface area contributed by atoms with E-state index in [1.54, 1.807) is 17.7 Å². The molecule has 3 heterocycles. The Morgan fingerprint density at radius 3 is 2.56 bits per heavy atom. The van der Waals surface area contributed by atoms with Crippen molar-refractivity contribution in [3.05, 3.63) is 75.3 Å². The zero-order valence-corrected chi connectivity index (χ0v) is 23.4. The molecule has 39 heavy (non-hydrogen) atoms. The van der Waals surface area contributed by atoms with Crippen LogP contribution in [0.3, 0.4) is 0 Å². The van der Waals surface area contributed by atoms with Crippen molar-refractivity contribution in [2.24, 2.45) is 7.05 Å². The fraction of sp³-hybridized carbons (Fsp3) is 0.333. The Hall–Kier alpha value is -4.08. The van der Waals surface area contributed by atoms with E-state index < -0.39 is 0 Å². The maximum Gasteiger partial charge on any atom is 0.274 e. The van der Waals surface area contributed by atoms with Crippen molar-refractivity contribution >= 4 is 22.5 Å². The summed E-state index contributed by atoms with van der Waals surface area (Å²) in [4.78, 5) is 30.9. The van der Waals surface area contributed by atoms with Crippen LogP contribution in [0.5, 0.6) is 11.5 Å². The fourth-order valence-corrected chi connectivity index (χ4v) is 5.02. The molecule has 3 N–H and O–H groups in total. The number of aromatic nitrogens is 2. The number of H-pyrrole nitrogens is 1. The molecule has 0 unspecified atom stereocenters. The van der Waals surface area contributed by atoms with Crippen LogP contribution >= 0.6 is 0 Å². The lowest BCUT2D eigenvalue weighted by atomic mass is 9.99. The number of hydrazine groups is 1. The van der Waals surface area contributed by atoms with E-state index in [0.29, 0.717) is 28.9 Å². The Labute approximate surface area is 228 Å². The smallest absolute Gasteiger partial charge is 0.274 e. The molecule has 1 amide bonds. The van der Waals surface area contributed by atoms with Gasteiger partial charge in [0.2, 0.25) is 0 Å². The Morgan fingerprint density at radius 1 is 1.13 bits per heavy atom. The number of aromatic amines is 1. The molecule has 0 saturated carbocycles. The van der Waals surface area contributed by atoms with Gasteiger partial charge in [0.25, 0.3) is 11.5 Å². The topological polar surface area (TPSA) is 94.6 Å². The molecule has 0 fully saturated rings. The first kappa shape index (κ1) is 26.5. The van der Waals surface area contributed by atoms with E-state index in [9.17, 15) is 9.59 Å². The number of pyridine rings is 1. The second kappa shape index (κ2) is 10.6. The highest BCUT2D eigenvalue weighted by atomic mass is 16.5. The predicted molar refractivity (Wildman–Crippen MR) is 156 cm³/mol. The van der Waals surface area contributed by atoms with E-state index >= 15 is 0 Å². The molecule has 9 nitrogen and oxygen atoms in total. The molecule has 5 rings (SSSR count). The zero-order chi connectivity index (χ0) is 27.8. The maximum absolute atomic E-state index is 13.1. The minimum absolute atomic E-state index is 0.198. The Morgan fingerprint density at radius 2 is 1.87 bits per heavy atom. The maximum atomic E-state index is 13.1. The molecule has 0 spiro atoms.